The summed E-state index contributed by atoms with van der Waals surface area (Å²) < 4.78 is 0. The first-order valence-corrected chi connectivity index (χ1v) is 5.91. The number of rotatable bonds is 9. The van der Waals surface area contributed by atoms with Gasteiger partial charge in [-0.3, -0.25) is 9.69 Å². The van der Waals surface area contributed by atoms with Gasteiger partial charge < -0.3 is 16.6 Å². The van der Waals surface area contributed by atoms with E-state index in [0.29, 0.717) is 13.1 Å². The molecule has 5 nitrogen and oxygen atoms in total. The maximum atomic E-state index is 11.2. The summed E-state index contributed by atoms with van der Waals surface area (Å²) in [7, 11) is 0. The van der Waals surface area contributed by atoms with Crippen molar-refractivity contribution in [3.63, 3.8) is 0 Å². The van der Waals surface area contributed by atoms with E-state index in [-0.39, 0.29) is 5.92 Å². The van der Waals surface area contributed by atoms with Gasteiger partial charge in [0.15, 0.2) is 0 Å². The number of nitrogens with zero attached hydrogens (tertiary/aromatic N) is 1. The van der Waals surface area contributed by atoms with Crippen LogP contribution in [0, 0.1) is 5.92 Å². The fourth-order valence-electron chi connectivity index (χ4n) is 1.84. The minimum atomic E-state index is -0.760. The van der Waals surface area contributed by atoms with Crippen LogP contribution in [0.15, 0.2) is 0 Å². The normalized spacial score (nSPS) is 13.4. The SMILES string of the molecule is CC(C)[C@@H](C(=O)O)N(CCCN)CCCN. The predicted molar refractivity (Wildman–Crippen MR) is 65.2 cm³/mol. The Balaban J connectivity index is 4.46. The van der Waals surface area contributed by atoms with Crippen molar-refractivity contribution in [3.8, 4) is 0 Å². The molecule has 5 heteroatoms. The monoisotopic (exact) mass is 231 g/mol. The van der Waals surface area contributed by atoms with Gasteiger partial charge in [-0.15, -0.1) is 0 Å². The van der Waals surface area contributed by atoms with Gasteiger partial charge in [0.25, 0.3) is 0 Å². The molecule has 5 N–H and O–H groups in total. The number of hydrogen-bond acceptors (Lipinski definition) is 4. The third kappa shape index (κ3) is 5.44. The summed E-state index contributed by atoms with van der Waals surface area (Å²) in [6.45, 7) is 6.48. The van der Waals surface area contributed by atoms with E-state index in [1.807, 2.05) is 18.7 Å². The Morgan fingerprint density at radius 1 is 1.19 bits per heavy atom. The van der Waals surface area contributed by atoms with Gasteiger partial charge in [-0.1, -0.05) is 13.8 Å². The smallest absolute Gasteiger partial charge is 0.321 e. The molecule has 0 aliphatic rings. The van der Waals surface area contributed by atoms with Crippen LogP contribution in [0.1, 0.15) is 26.7 Å². The van der Waals surface area contributed by atoms with E-state index < -0.39 is 12.0 Å². The van der Waals surface area contributed by atoms with Crippen molar-refractivity contribution < 1.29 is 9.90 Å². The van der Waals surface area contributed by atoms with Gasteiger partial charge in [-0.2, -0.15) is 0 Å². The largest absolute Gasteiger partial charge is 0.480 e. The number of nitrogens with two attached hydrogens (primary N) is 2. The topological polar surface area (TPSA) is 92.6 Å². The highest BCUT2D eigenvalue weighted by molar-refractivity contribution is 5.73. The molecule has 0 aromatic carbocycles. The summed E-state index contributed by atoms with van der Waals surface area (Å²) in [6, 6.07) is -0.432. The van der Waals surface area contributed by atoms with Crippen LogP contribution in [-0.4, -0.2) is 48.2 Å². The predicted octanol–water partition coefficient (Wildman–Crippen LogP) is 0.0952. The van der Waals surface area contributed by atoms with Crippen LogP contribution in [0.3, 0.4) is 0 Å². The molecule has 0 radical (unpaired) electrons. The van der Waals surface area contributed by atoms with Crippen LogP contribution in [-0.2, 0) is 4.79 Å². The molecular formula is C11H25N3O2. The quantitative estimate of drug-likeness (QED) is 0.523. The molecule has 0 amide bonds. The number of carboxylic acid groups (broad SMARTS) is 1. The van der Waals surface area contributed by atoms with Crippen molar-refractivity contribution >= 4 is 5.97 Å². The summed E-state index contributed by atoms with van der Waals surface area (Å²) >= 11 is 0. The Morgan fingerprint density at radius 3 is 1.88 bits per heavy atom. The number of carboxylic acids is 1. The summed E-state index contributed by atoms with van der Waals surface area (Å²) in [5, 5.41) is 9.21. The van der Waals surface area contributed by atoms with Crippen molar-refractivity contribution in [3.05, 3.63) is 0 Å². The lowest BCUT2D eigenvalue weighted by Crippen LogP contribution is -2.46. The van der Waals surface area contributed by atoms with Crippen molar-refractivity contribution in [2.24, 2.45) is 17.4 Å². The van der Waals surface area contributed by atoms with E-state index in [2.05, 4.69) is 0 Å². The van der Waals surface area contributed by atoms with E-state index in [1.165, 1.54) is 0 Å². The molecule has 16 heavy (non-hydrogen) atoms. The molecule has 96 valence electrons. The second-order valence-corrected chi connectivity index (χ2v) is 4.35. The zero-order valence-corrected chi connectivity index (χ0v) is 10.4. The second-order valence-electron chi connectivity index (χ2n) is 4.35. The van der Waals surface area contributed by atoms with Crippen molar-refractivity contribution in [1.29, 1.82) is 0 Å². The van der Waals surface area contributed by atoms with Crippen LogP contribution < -0.4 is 11.5 Å². The minimum Gasteiger partial charge on any atom is -0.480 e. The van der Waals surface area contributed by atoms with Gasteiger partial charge in [-0.05, 0) is 31.8 Å². The highest BCUT2D eigenvalue weighted by Crippen LogP contribution is 2.12. The van der Waals surface area contributed by atoms with Gasteiger partial charge in [0, 0.05) is 13.1 Å². The standard InChI is InChI=1S/C11H25N3O2/c1-9(2)10(11(15)16)14(7-3-5-12)8-4-6-13/h9-10H,3-8,12-13H2,1-2H3,(H,15,16)/t10-/m0/s1. The Hall–Kier alpha value is -0.650. The number of hydrogen-bond donors (Lipinski definition) is 3. The molecule has 0 unspecified atom stereocenters. The third-order valence-corrected chi connectivity index (χ3v) is 2.58. The first-order chi connectivity index (χ1) is 7.54. The molecule has 0 rings (SSSR count). The van der Waals surface area contributed by atoms with Gasteiger partial charge in [0.2, 0.25) is 0 Å². The van der Waals surface area contributed by atoms with Crippen molar-refractivity contribution in [2.75, 3.05) is 26.2 Å². The number of carbonyl (C=O) groups is 1. The molecular weight excluding hydrogens is 206 g/mol. The summed E-state index contributed by atoms with van der Waals surface area (Å²) in [6.07, 6.45) is 1.64. The average molecular weight is 231 g/mol. The zero-order valence-electron chi connectivity index (χ0n) is 10.4. The molecule has 0 saturated heterocycles. The van der Waals surface area contributed by atoms with Crippen LogP contribution in [0.4, 0.5) is 0 Å². The molecule has 0 spiro atoms. The van der Waals surface area contributed by atoms with Crippen molar-refractivity contribution in [2.45, 2.75) is 32.7 Å². The maximum Gasteiger partial charge on any atom is 0.321 e. The molecule has 0 heterocycles. The lowest BCUT2D eigenvalue weighted by Gasteiger charge is -2.31. The fraction of sp³-hybridized carbons (Fsp3) is 0.909. The first-order valence-electron chi connectivity index (χ1n) is 5.91. The van der Waals surface area contributed by atoms with Crippen LogP contribution >= 0.6 is 0 Å². The van der Waals surface area contributed by atoms with E-state index in [9.17, 15) is 9.90 Å². The molecule has 1 atom stereocenters. The van der Waals surface area contributed by atoms with E-state index in [0.717, 1.165) is 25.9 Å². The second kappa shape index (κ2) is 8.50. The molecule has 0 bridgehead atoms. The summed E-state index contributed by atoms with van der Waals surface area (Å²) in [5.41, 5.74) is 10.9. The highest BCUT2D eigenvalue weighted by Gasteiger charge is 2.27. The van der Waals surface area contributed by atoms with Crippen LogP contribution in [0.5, 0.6) is 0 Å². The molecule has 0 aromatic rings. The van der Waals surface area contributed by atoms with E-state index in [1.54, 1.807) is 0 Å². The van der Waals surface area contributed by atoms with E-state index in [4.69, 9.17) is 11.5 Å². The summed E-state index contributed by atoms with van der Waals surface area (Å²) in [4.78, 5) is 13.2. The Labute approximate surface area is 97.8 Å². The third-order valence-electron chi connectivity index (χ3n) is 2.58. The maximum absolute atomic E-state index is 11.2. The Kier molecular flexibility index (Phi) is 8.15. The number of aliphatic carboxylic acids is 1. The van der Waals surface area contributed by atoms with Gasteiger partial charge in [0.05, 0.1) is 0 Å². The molecule has 0 fully saturated rings. The lowest BCUT2D eigenvalue weighted by atomic mass is 10.0. The average Bonchev–Trinajstić information content (AvgIpc) is 2.20. The highest BCUT2D eigenvalue weighted by atomic mass is 16.4. The van der Waals surface area contributed by atoms with Gasteiger partial charge >= 0.3 is 5.97 Å². The zero-order chi connectivity index (χ0) is 12.6. The molecule has 0 aliphatic heterocycles. The van der Waals surface area contributed by atoms with Crippen LogP contribution in [0.25, 0.3) is 0 Å². The lowest BCUT2D eigenvalue weighted by molar-refractivity contribution is -0.145. The minimum absolute atomic E-state index is 0.0908. The van der Waals surface area contributed by atoms with Gasteiger partial charge in [-0.25, -0.2) is 0 Å². The van der Waals surface area contributed by atoms with Crippen LogP contribution in [0.2, 0.25) is 0 Å². The fourth-order valence-corrected chi connectivity index (χ4v) is 1.84. The molecule has 0 aliphatic carbocycles. The molecule has 0 aromatic heterocycles. The van der Waals surface area contributed by atoms with Gasteiger partial charge in [0.1, 0.15) is 6.04 Å². The van der Waals surface area contributed by atoms with Crippen molar-refractivity contribution in [1.82, 2.24) is 4.90 Å². The Bertz CT molecular complexity index is 190. The summed E-state index contributed by atoms with van der Waals surface area (Å²) in [5.74, 6) is -0.669. The molecule has 0 saturated carbocycles. The first kappa shape index (κ1) is 15.3. The van der Waals surface area contributed by atoms with E-state index >= 15 is 0 Å². The Morgan fingerprint density at radius 2 is 1.62 bits per heavy atom.